The molecule has 2 heterocycles. The van der Waals surface area contributed by atoms with Crippen LogP contribution in [0.5, 0.6) is 0 Å². The van der Waals surface area contributed by atoms with Gasteiger partial charge in [0.2, 0.25) is 0 Å². The number of thiophene rings is 1. The van der Waals surface area contributed by atoms with Crippen LogP contribution in [0.25, 0.3) is 10.6 Å². The van der Waals surface area contributed by atoms with E-state index in [1.54, 1.807) is 17.5 Å². The first-order valence-corrected chi connectivity index (χ1v) is 4.39. The Kier molecular flexibility index (Phi) is 1.49. The molecule has 4 heteroatoms. The molecule has 0 aliphatic carbocycles. The van der Waals surface area contributed by atoms with Gasteiger partial charge in [-0.05, 0) is 11.4 Å². The molecule has 2 rings (SSSR count). The van der Waals surface area contributed by atoms with E-state index in [1.165, 1.54) is 16.6 Å². The molecule has 2 aromatic rings. The Morgan fingerprint density at radius 3 is 3.00 bits per heavy atom. The van der Waals surface area contributed by atoms with Gasteiger partial charge in [0.05, 0.1) is 22.8 Å². The highest BCUT2D eigenvalue weighted by Gasteiger charge is 1.98. The molecule has 10 heavy (non-hydrogen) atoms. The van der Waals surface area contributed by atoms with Gasteiger partial charge in [-0.2, -0.15) is 8.75 Å². The second-order valence-electron chi connectivity index (χ2n) is 1.77. The standard InChI is InChI=1S/C6H4N2S2/c1-2-6(9-3-1)5-4-7-10-8-5/h1-4H. The molecule has 0 saturated carbocycles. The van der Waals surface area contributed by atoms with Crippen molar-refractivity contribution in [2.75, 3.05) is 0 Å². The zero-order chi connectivity index (χ0) is 6.81. The highest BCUT2D eigenvalue weighted by molar-refractivity contribution is 7.13. The largest absolute Gasteiger partial charge is 0.181 e. The summed E-state index contributed by atoms with van der Waals surface area (Å²) in [6.07, 6.45) is 1.79. The molecule has 0 saturated heterocycles. The van der Waals surface area contributed by atoms with Crippen LogP contribution in [0, 0.1) is 0 Å². The second kappa shape index (κ2) is 2.48. The lowest BCUT2D eigenvalue weighted by Crippen LogP contribution is -1.65. The van der Waals surface area contributed by atoms with Crippen LogP contribution < -0.4 is 0 Å². The molecular weight excluding hydrogens is 164 g/mol. The van der Waals surface area contributed by atoms with Gasteiger partial charge < -0.3 is 0 Å². The Morgan fingerprint density at radius 2 is 2.40 bits per heavy atom. The van der Waals surface area contributed by atoms with Gasteiger partial charge in [-0.15, -0.1) is 11.3 Å². The van der Waals surface area contributed by atoms with Gasteiger partial charge >= 0.3 is 0 Å². The lowest BCUT2D eigenvalue weighted by molar-refractivity contribution is 1.53. The molecule has 0 aliphatic heterocycles. The first kappa shape index (κ1) is 6.00. The number of rotatable bonds is 1. The minimum Gasteiger partial charge on any atom is -0.181 e. The summed E-state index contributed by atoms with van der Waals surface area (Å²) in [6, 6.07) is 4.06. The predicted molar refractivity (Wildman–Crippen MR) is 43.2 cm³/mol. The normalized spacial score (nSPS) is 10.0. The van der Waals surface area contributed by atoms with Gasteiger partial charge in [-0.25, -0.2) is 0 Å². The third kappa shape index (κ3) is 0.955. The molecule has 0 N–H and O–H groups in total. The first-order valence-electron chi connectivity index (χ1n) is 2.78. The van der Waals surface area contributed by atoms with Crippen LogP contribution in [0.4, 0.5) is 0 Å². The van der Waals surface area contributed by atoms with Crippen molar-refractivity contribution in [1.82, 2.24) is 8.75 Å². The van der Waals surface area contributed by atoms with Crippen molar-refractivity contribution in [3.05, 3.63) is 23.7 Å². The molecule has 0 radical (unpaired) electrons. The van der Waals surface area contributed by atoms with Crippen LogP contribution in [0.15, 0.2) is 23.7 Å². The smallest absolute Gasteiger partial charge is 0.114 e. The molecular formula is C6H4N2S2. The first-order chi connectivity index (χ1) is 4.97. The topological polar surface area (TPSA) is 25.8 Å². The SMILES string of the molecule is c1csc(-c2cnsn2)c1. The van der Waals surface area contributed by atoms with Gasteiger partial charge in [-0.1, -0.05) is 6.07 Å². The fraction of sp³-hybridized carbons (Fsp3) is 0. The highest BCUT2D eigenvalue weighted by Crippen LogP contribution is 2.21. The maximum atomic E-state index is 4.10. The Bertz CT molecular complexity index is 253. The van der Waals surface area contributed by atoms with Gasteiger partial charge in [0.1, 0.15) is 5.69 Å². The molecule has 0 spiro atoms. The summed E-state index contributed by atoms with van der Waals surface area (Å²) in [4.78, 5) is 1.19. The molecule has 2 aromatic heterocycles. The van der Waals surface area contributed by atoms with Crippen LogP contribution in [0.1, 0.15) is 0 Å². The van der Waals surface area contributed by atoms with E-state index in [9.17, 15) is 0 Å². The second-order valence-corrected chi connectivity index (χ2v) is 3.27. The van der Waals surface area contributed by atoms with Crippen molar-refractivity contribution < 1.29 is 0 Å². The summed E-state index contributed by atoms with van der Waals surface area (Å²) >= 11 is 2.93. The minimum atomic E-state index is 0.986. The Balaban J connectivity index is 2.48. The minimum absolute atomic E-state index is 0.986. The molecule has 2 nitrogen and oxygen atoms in total. The van der Waals surface area contributed by atoms with Crippen LogP contribution >= 0.6 is 23.1 Å². The van der Waals surface area contributed by atoms with Crippen LogP contribution in [0.3, 0.4) is 0 Å². The van der Waals surface area contributed by atoms with Gasteiger partial charge in [0.25, 0.3) is 0 Å². The van der Waals surface area contributed by atoms with Gasteiger partial charge in [-0.3, -0.25) is 0 Å². The molecule has 0 unspecified atom stereocenters. The Morgan fingerprint density at radius 1 is 1.40 bits per heavy atom. The molecule has 0 amide bonds. The summed E-state index contributed by atoms with van der Waals surface area (Å²) in [5.41, 5.74) is 0.986. The monoisotopic (exact) mass is 168 g/mol. The summed E-state index contributed by atoms with van der Waals surface area (Å²) in [5.74, 6) is 0. The molecule has 0 bridgehead atoms. The fourth-order valence-corrected chi connectivity index (χ4v) is 1.86. The maximum Gasteiger partial charge on any atom is 0.114 e. The van der Waals surface area contributed by atoms with E-state index in [0.29, 0.717) is 0 Å². The zero-order valence-electron chi connectivity index (χ0n) is 5.02. The number of aromatic nitrogens is 2. The van der Waals surface area contributed by atoms with Crippen molar-refractivity contribution >= 4 is 23.1 Å². The van der Waals surface area contributed by atoms with E-state index in [4.69, 9.17) is 0 Å². The number of hydrogen-bond donors (Lipinski definition) is 0. The van der Waals surface area contributed by atoms with Crippen molar-refractivity contribution in [1.29, 1.82) is 0 Å². The molecule has 50 valence electrons. The number of nitrogens with zero attached hydrogens (tertiary/aromatic N) is 2. The third-order valence-electron chi connectivity index (χ3n) is 1.13. The zero-order valence-corrected chi connectivity index (χ0v) is 6.65. The van der Waals surface area contributed by atoms with Crippen LogP contribution in [0.2, 0.25) is 0 Å². The van der Waals surface area contributed by atoms with E-state index < -0.39 is 0 Å². The number of hydrogen-bond acceptors (Lipinski definition) is 4. The molecule has 0 aromatic carbocycles. The summed E-state index contributed by atoms with van der Waals surface area (Å²) < 4.78 is 8.02. The third-order valence-corrected chi connectivity index (χ3v) is 2.51. The van der Waals surface area contributed by atoms with Crippen molar-refractivity contribution in [3.8, 4) is 10.6 Å². The molecule has 0 fully saturated rings. The lowest BCUT2D eigenvalue weighted by Gasteiger charge is -1.81. The lowest BCUT2D eigenvalue weighted by atomic mass is 10.4. The van der Waals surface area contributed by atoms with E-state index in [1.807, 2.05) is 17.5 Å². The van der Waals surface area contributed by atoms with Crippen molar-refractivity contribution in [2.45, 2.75) is 0 Å². The van der Waals surface area contributed by atoms with Crippen LogP contribution in [-0.2, 0) is 0 Å². The summed E-state index contributed by atoms with van der Waals surface area (Å²) in [5, 5.41) is 2.04. The van der Waals surface area contributed by atoms with Crippen LogP contribution in [-0.4, -0.2) is 8.75 Å². The quantitative estimate of drug-likeness (QED) is 0.652. The fourth-order valence-electron chi connectivity index (χ4n) is 0.698. The highest BCUT2D eigenvalue weighted by atomic mass is 32.1. The molecule has 0 atom stereocenters. The Hall–Kier alpha value is -0.740. The van der Waals surface area contributed by atoms with Gasteiger partial charge in [0.15, 0.2) is 0 Å². The average molecular weight is 168 g/mol. The summed E-state index contributed by atoms with van der Waals surface area (Å²) in [6.45, 7) is 0. The summed E-state index contributed by atoms with van der Waals surface area (Å²) in [7, 11) is 0. The van der Waals surface area contributed by atoms with Crippen molar-refractivity contribution in [2.24, 2.45) is 0 Å². The van der Waals surface area contributed by atoms with E-state index >= 15 is 0 Å². The maximum absolute atomic E-state index is 4.10. The Labute approximate surface area is 66.5 Å². The van der Waals surface area contributed by atoms with E-state index in [-0.39, 0.29) is 0 Å². The van der Waals surface area contributed by atoms with E-state index in [0.717, 1.165) is 5.69 Å². The molecule has 0 aliphatic rings. The predicted octanol–water partition coefficient (Wildman–Crippen LogP) is 2.27. The van der Waals surface area contributed by atoms with E-state index in [2.05, 4.69) is 8.75 Å². The average Bonchev–Trinajstić information content (AvgIpc) is 2.59. The van der Waals surface area contributed by atoms with Crippen molar-refractivity contribution in [3.63, 3.8) is 0 Å². The van der Waals surface area contributed by atoms with Gasteiger partial charge in [0, 0.05) is 0 Å².